The van der Waals surface area contributed by atoms with Crippen LogP contribution in [0.1, 0.15) is 16.8 Å². The highest BCUT2D eigenvalue weighted by atomic mass is 35.5. The number of esters is 1. The lowest BCUT2D eigenvalue weighted by Crippen LogP contribution is -2.49. The average molecular weight is 730 g/mol. The molecule has 5 aromatic rings. The van der Waals surface area contributed by atoms with E-state index in [0.717, 1.165) is 45.0 Å². The Balaban J connectivity index is 1.10. The number of carbonyl (C=O) groups excluding carboxylic acids is 1. The van der Waals surface area contributed by atoms with Crippen LogP contribution >= 0.6 is 22.9 Å². The van der Waals surface area contributed by atoms with Gasteiger partial charge in [-0.2, -0.15) is 18.3 Å². The Morgan fingerprint density at radius 2 is 1.90 bits per heavy atom. The van der Waals surface area contributed by atoms with E-state index < -0.39 is 18.2 Å². The number of nitrogens with one attached hydrogen (secondary N) is 1. The van der Waals surface area contributed by atoms with Crippen molar-refractivity contribution in [2.45, 2.75) is 38.3 Å². The molecule has 0 unspecified atom stereocenters. The highest BCUT2D eigenvalue weighted by Gasteiger charge is 2.43. The molecule has 16 heteroatoms. The number of halogens is 5. The number of fused-ring (bicyclic) bond motifs is 5. The number of piperazine rings is 1. The monoisotopic (exact) mass is 729 g/mol. The normalized spacial score (nSPS) is 15.8. The van der Waals surface area contributed by atoms with Gasteiger partial charge in [0.25, 0.3) is 0 Å². The molecule has 1 saturated heterocycles. The van der Waals surface area contributed by atoms with Crippen molar-refractivity contribution in [2.75, 3.05) is 45.1 Å². The summed E-state index contributed by atoms with van der Waals surface area (Å²) in [6.45, 7) is 3.21. The zero-order valence-corrected chi connectivity index (χ0v) is 28.4. The van der Waals surface area contributed by atoms with Gasteiger partial charge in [-0.1, -0.05) is 23.7 Å². The predicted molar refractivity (Wildman–Crippen MR) is 181 cm³/mol. The third-order valence-electron chi connectivity index (χ3n) is 8.81. The summed E-state index contributed by atoms with van der Waals surface area (Å²) in [5, 5.41) is 9.14. The van der Waals surface area contributed by atoms with Crippen molar-refractivity contribution in [2.24, 2.45) is 0 Å². The summed E-state index contributed by atoms with van der Waals surface area (Å²) in [7, 11) is 1.99. The first-order valence-corrected chi connectivity index (χ1v) is 17.1. The molecule has 50 heavy (non-hydrogen) atoms. The molecule has 0 bridgehead atoms. The van der Waals surface area contributed by atoms with Crippen LogP contribution in [0.2, 0.25) is 5.02 Å². The minimum Gasteiger partial charge on any atom is -0.487 e. The molecule has 1 atom stereocenters. The minimum absolute atomic E-state index is 0.000955. The summed E-state index contributed by atoms with van der Waals surface area (Å²) in [6.07, 6.45) is -1.74. The van der Waals surface area contributed by atoms with E-state index in [-0.39, 0.29) is 25.5 Å². The highest BCUT2D eigenvalue weighted by Crippen LogP contribution is 2.45. The quantitative estimate of drug-likeness (QED) is 0.128. The number of benzene rings is 2. The second kappa shape index (κ2) is 14.1. The first kappa shape index (κ1) is 34.2. The maximum Gasteiger partial charge on any atom is 0.490 e. The van der Waals surface area contributed by atoms with Crippen LogP contribution in [0.3, 0.4) is 0 Å². The van der Waals surface area contributed by atoms with Crippen molar-refractivity contribution < 1.29 is 31.8 Å². The number of thiophene rings is 1. The van der Waals surface area contributed by atoms with Gasteiger partial charge in [0.15, 0.2) is 0 Å². The van der Waals surface area contributed by atoms with Crippen LogP contribution in [0.25, 0.3) is 20.7 Å². The molecule has 1 N–H and O–H groups in total. The molecule has 1 fully saturated rings. The molecule has 2 aromatic carbocycles. The lowest BCUT2D eigenvalue weighted by Gasteiger charge is -2.34. The Morgan fingerprint density at radius 1 is 1.08 bits per heavy atom. The van der Waals surface area contributed by atoms with Crippen molar-refractivity contribution in [3.63, 3.8) is 0 Å². The summed E-state index contributed by atoms with van der Waals surface area (Å²) >= 11 is 8.03. The minimum atomic E-state index is -5.09. The predicted octanol–water partition coefficient (Wildman–Crippen LogP) is 6.49. The fraction of sp³-hybridized carbons (Fsp3) is 0.353. The Labute approximate surface area is 293 Å². The maximum atomic E-state index is 13.5. The molecule has 1 aliphatic heterocycles. The van der Waals surface area contributed by atoms with Crippen LogP contribution < -0.4 is 10.1 Å². The first-order valence-electron chi connectivity index (χ1n) is 16.0. The third kappa shape index (κ3) is 7.41. The van der Waals surface area contributed by atoms with E-state index in [2.05, 4.69) is 25.3 Å². The molecule has 0 radical (unpaired) electrons. The number of aromatic nitrogens is 4. The average Bonchev–Trinajstić information content (AvgIpc) is 3.67. The van der Waals surface area contributed by atoms with Crippen molar-refractivity contribution in [3.8, 4) is 16.2 Å². The van der Waals surface area contributed by atoms with Crippen molar-refractivity contribution in [1.29, 1.82) is 0 Å². The van der Waals surface area contributed by atoms with Gasteiger partial charge in [-0.15, -0.1) is 11.3 Å². The second-order valence-corrected chi connectivity index (χ2v) is 13.7. The molecular formula is C34H32ClF4N7O3S. The summed E-state index contributed by atoms with van der Waals surface area (Å²) in [5.74, 6) is -1.49. The lowest BCUT2D eigenvalue weighted by atomic mass is 9.95. The number of likely N-dealkylation sites (N-methyl/N-ethyl adjacent to an activating group) is 1. The Morgan fingerprint density at radius 3 is 2.66 bits per heavy atom. The summed E-state index contributed by atoms with van der Waals surface area (Å²) in [5.41, 5.74) is 4.12. The molecular weight excluding hydrogens is 698 g/mol. The van der Waals surface area contributed by atoms with E-state index in [1.165, 1.54) is 29.8 Å². The van der Waals surface area contributed by atoms with Gasteiger partial charge < -0.3 is 19.7 Å². The standard InChI is InChI=1S/C34H32ClF4N7O3S/c1-44-9-11-45(12-10-44)16-23(49-33(47)34(37,38)39)17-46-27-7-6-24-29-31(40-19-41-32(29)50-30(24)25(27)15-42-46)43-22-5-8-28(26(35)14-22)48-18-20-3-2-4-21(36)13-20/h2-5,8,13-15,19,23H,6-7,9-12,16-18H2,1H3,(H,40,41,43)/t23-/m1/s1. The van der Waals surface area contributed by atoms with Gasteiger partial charge in [-0.05, 0) is 61.3 Å². The smallest absolute Gasteiger partial charge is 0.487 e. The third-order valence-corrected chi connectivity index (χ3v) is 10.3. The van der Waals surface area contributed by atoms with Gasteiger partial charge in [0, 0.05) is 54.5 Å². The first-order chi connectivity index (χ1) is 24.0. The number of alkyl halides is 3. The van der Waals surface area contributed by atoms with E-state index in [1.54, 1.807) is 35.1 Å². The van der Waals surface area contributed by atoms with E-state index in [0.29, 0.717) is 53.8 Å². The van der Waals surface area contributed by atoms with Crippen LogP contribution in [0.15, 0.2) is 55.0 Å². The topological polar surface area (TPSA) is 97.6 Å². The van der Waals surface area contributed by atoms with Gasteiger partial charge in [0.2, 0.25) is 0 Å². The molecule has 0 saturated carbocycles. The lowest BCUT2D eigenvalue weighted by molar-refractivity contribution is -0.206. The molecule has 262 valence electrons. The molecule has 2 aliphatic rings. The van der Waals surface area contributed by atoms with Crippen LogP contribution in [0.4, 0.5) is 29.1 Å². The SMILES string of the molecule is CN1CCN(C[C@H](Cn2ncc3c2CCc2c-3sc3ncnc(Nc4ccc(OCc5cccc(F)c5)c(Cl)c4)c23)OC(=O)C(F)(F)F)CC1. The number of ether oxygens (including phenoxy) is 2. The molecule has 10 nitrogen and oxygen atoms in total. The number of nitrogens with zero attached hydrogens (tertiary/aromatic N) is 6. The van der Waals surface area contributed by atoms with E-state index in [1.807, 2.05) is 18.0 Å². The zero-order valence-electron chi connectivity index (χ0n) is 26.8. The van der Waals surface area contributed by atoms with Gasteiger partial charge in [-0.3, -0.25) is 9.58 Å². The Hall–Kier alpha value is -4.31. The van der Waals surface area contributed by atoms with Gasteiger partial charge >= 0.3 is 12.1 Å². The van der Waals surface area contributed by atoms with Crippen molar-refractivity contribution in [3.05, 3.63) is 82.6 Å². The largest absolute Gasteiger partial charge is 0.490 e. The summed E-state index contributed by atoms with van der Waals surface area (Å²) < 4.78 is 65.7. The molecule has 0 spiro atoms. The number of carbonyl (C=O) groups is 1. The number of anilines is 2. The number of aryl methyl sites for hydroxylation is 1. The van der Waals surface area contributed by atoms with Crippen LogP contribution in [0, 0.1) is 5.82 Å². The van der Waals surface area contributed by atoms with Gasteiger partial charge in [0.05, 0.1) is 23.2 Å². The molecule has 4 heterocycles. The number of hydrogen-bond donors (Lipinski definition) is 1. The fourth-order valence-electron chi connectivity index (χ4n) is 6.29. The van der Waals surface area contributed by atoms with Crippen LogP contribution in [-0.2, 0) is 35.5 Å². The summed E-state index contributed by atoms with van der Waals surface area (Å²) in [6, 6.07) is 11.4. The maximum absolute atomic E-state index is 13.5. The molecule has 1 aliphatic carbocycles. The van der Waals surface area contributed by atoms with E-state index in [4.69, 9.17) is 21.1 Å². The number of rotatable bonds is 10. The zero-order chi connectivity index (χ0) is 35.0. The fourth-order valence-corrected chi connectivity index (χ4v) is 7.75. The van der Waals surface area contributed by atoms with Crippen molar-refractivity contribution in [1.82, 2.24) is 29.5 Å². The van der Waals surface area contributed by atoms with E-state index in [9.17, 15) is 22.4 Å². The Bertz CT molecular complexity index is 2030. The molecule has 7 rings (SSSR count). The van der Waals surface area contributed by atoms with E-state index >= 15 is 0 Å². The summed E-state index contributed by atoms with van der Waals surface area (Å²) in [4.78, 5) is 26.8. The van der Waals surface area contributed by atoms with Crippen LogP contribution in [-0.4, -0.2) is 87.6 Å². The van der Waals surface area contributed by atoms with Gasteiger partial charge in [0.1, 0.15) is 41.3 Å². The molecule has 0 amide bonds. The molecule has 3 aromatic heterocycles. The Kier molecular flexibility index (Phi) is 9.65. The second-order valence-electron chi connectivity index (χ2n) is 12.3. The number of hydrogen-bond acceptors (Lipinski definition) is 10. The van der Waals surface area contributed by atoms with Gasteiger partial charge in [-0.25, -0.2) is 19.2 Å². The highest BCUT2D eigenvalue weighted by molar-refractivity contribution is 7.22. The van der Waals surface area contributed by atoms with Crippen LogP contribution in [0.5, 0.6) is 5.75 Å². The van der Waals surface area contributed by atoms with Crippen molar-refractivity contribution >= 4 is 50.6 Å².